The van der Waals surface area contributed by atoms with E-state index in [1.165, 1.54) is 0 Å². The monoisotopic (exact) mass is 279 g/mol. The van der Waals surface area contributed by atoms with Gasteiger partial charge in [-0.2, -0.15) is 13.7 Å². The fourth-order valence-corrected chi connectivity index (χ4v) is 3.46. The van der Waals surface area contributed by atoms with Crippen LogP contribution in [0.15, 0.2) is 29.2 Å². The average molecular weight is 279 g/mol. The number of benzene rings is 1. The van der Waals surface area contributed by atoms with Crippen LogP contribution in [0.2, 0.25) is 0 Å². The molecule has 5 heteroatoms. The molecule has 1 saturated carbocycles. The summed E-state index contributed by atoms with van der Waals surface area (Å²) < 4.78 is 29.3. The van der Waals surface area contributed by atoms with E-state index in [2.05, 4.69) is 6.07 Å². The number of aryl methyl sites for hydroxylation is 1. The molecule has 0 spiro atoms. The molecule has 0 heterocycles. The Hall–Kier alpha value is -1.38. The Morgan fingerprint density at radius 3 is 2.47 bits per heavy atom. The molecule has 19 heavy (non-hydrogen) atoms. The molecule has 0 N–H and O–H groups in total. The summed E-state index contributed by atoms with van der Waals surface area (Å²) in [6.07, 6.45) is 1.37. The molecule has 0 aromatic heterocycles. The SMILES string of the molecule is Cc1ccc(S(=O)(=O)OC2CC(C)(CC#N)C2)cc1. The number of hydrogen-bond donors (Lipinski definition) is 0. The van der Waals surface area contributed by atoms with Gasteiger partial charge in [0.2, 0.25) is 0 Å². The highest BCUT2D eigenvalue weighted by molar-refractivity contribution is 7.86. The van der Waals surface area contributed by atoms with Gasteiger partial charge in [0.05, 0.1) is 17.1 Å². The summed E-state index contributed by atoms with van der Waals surface area (Å²) in [7, 11) is -3.69. The van der Waals surface area contributed by atoms with Crippen LogP contribution in [-0.2, 0) is 14.3 Å². The van der Waals surface area contributed by atoms with Crippen LogP contribution in [0.5, 0.6) is 0 Å². The lowest BCUT2D eigenvalue weighted by molar-refractivity contribution is 0.00538. The normalized spacial score (nSPS) is 26.5. The smallest absolute Gasteiger partial charge is 0.263 e. The predicted octanol–water partition coefficient (Wildman–Crippen LogP) is 2.78. The van der Waals surface area contributed by atoms with Crippen molar-refractivity contribution in [1.82, 2.24) is 0 Å². The van der Waals surface area contributed by atoms with Crippen molar-refractivity contribution < 1.29 is 12.6 Å². The van der Waals surface area contributed by atoms with Crippen molar-refractivity contribution in [3.8, 4) is 6.07 Å². The highest BCUT2D eigenvalue weighted by atomic mass is 32.2. The minimum Gasteiger partial charge on any atom is -0.263 e. The maximum absolute atomic E-state index is 12.0. The zero-order valence-corrected chi connectivity index (χ0v) is 11.9. The van der Waals surface area contributed by atoms with Crippen molar-refractivity contribution in [3.05, 3.63) is 29.8 Å². The number of nitriles is 1. The molecular weight excluding hydrogens is 262 g/mol. The molecule has 102 valence electrons. The van der Waals surface area contributed by atoms with E-state index >= 15 is 0 Å². The van der Waals surface area contributed by atoms with Crippen LogP contribution < -0.4 is 0 Å². The molecule has 0 amide bonds. The molecule has 1 aromatic carbocycles. The van der Waals surface area contributed by atoms with Gasteiger partial charge in [-0.1, -0.05) is 24.6 Å². The number of rotatable bonds is 4. The molecule has 2 rings (SSSR count). The maximum Gasteiger partial charge on any atom is 0.297 e. The first kappa shape index (κ1) is 14.0. The van der Waals surface area contributed by atoms with Crippen molar-refractivity contribution in [2.24, 2.45) is 5.41 Å². The Kier molecular flexibility index (Phi) is 3.66. The molecule has 0 saturated heterocycles. The van der Waals surface area contributed by atoms with E-state index in [0.29, 0.717) is 19.3 Å². The van der Waals surface area contributed by atoms with Gasteiger partial charge in [-0.3, -0.25) is 4.18 Å². The first-order chi connectivity index (χ1) is 8.85. The van der Waals surface area contributed by atoms with Crippen LogP contribution in [0.4, 0.5) is 0 Å². The maximum atomic E-state index is 12.0. The van der Waals surface area contributed by atoms with Crippen LogP contribution in [-0.4, -0.2) is 14.5 Å². The Labute approximate surface area is 114 Å². The summed E-state index contributed by atoms with van der Waals surface area (Å²) in [5.74, 6) is 0. The van der Waals surface area contributed by atoms with Crippen molar-refractivity contribution in [1.29, 1.82) is 5.26 Å². The van der Waals surface area contributed by atoms with Crippen molar-refractivity contribution >= 4 is 10.1 Å². The summed E-state index contributed by atoms with van der Waals surface area (Å²) in [6, 6.07) is 8.73. The molecule has 0 bridgehead atoms. The molecule has 0 unspecified atom stereocenters. The minimum atomic E-state index is -3.69. The molecule has 0 radical (unpaired) electrons. The molecule has 1 aliphatic rings. The summed E-state index contributed by atoms with van der Waals surface area (Å²) in [6.45, 7) is 3.88. The third-order valence-electron chi connectivity index (χ3n) is 3.52. The molecule has 4 nitrogen and oxygen atoms in total. The topological polar surface area (TPSA) is 67.2 Å². The lowest BCUT2D eigenvalue weighted by Crippen LogP contribution is -2.41. The lowest BCUT2D eigenvalue weighted by Gasteiger charge is -2.42. The molecule has 0 aliphatic heterocycles. The Morgan fingerprint density at radius 2 is 1.95 bits per heavy atom. The van der Waals surface area contributed by atoms with E-state index in [1.807, 2.05) is 13.8 Å². The standard InChI is InChI=1S/C14H17NO3S/c1-11-3-5-13(6-4-11)19(16,17)18-12-9-14(2,10-12)7-8-15/h3-6,12H,7,9-10H2,1-2H3. The average Bonchev–Trinajstić information content (AvgIpc) is 2.27. The quantitative estimate of drug-likeness (QED) is 0.795. The van der Waals surface area contributed by atoms with Gasteiger partial charge in [0, 0.05) is 6.42 Å². The van der Waals surface area contributed by atoms with Gasteiger partial charge in [-0.25, -0.2) is 0 Å². The van der Waals surface area contributed by atoms with Gasteiger partial charge in [0.15, 0.2) is 0 Å². The van der Waals surface area contributed by atoms with E-state index in [-0.39, 0.29) is 16.4 Å². The van der Waals surface area contributed by atoms with Gasteiger partial charge in [-0.05, 0) is 37.3 Å². The van der Waals surface area contributed by atoms with Gasteiger partial charge in [0.25, 0.3) is 10.1 Å². The predicted molar refractivity (Wildman–Crippen MR) is 70.8 cm³/mol. The van der Waals surface area contributed by atoms with Crippen LogP contribution in [0, 0.1) is 23.7 Å². The fourth-order valence-electron chi connectivity index (χ4n) is 2.38. The van der Waals surface area contributed by atoms with Crippen LogP contribution in [0.25, 0.3) is 0 Å². The Bertz CT molecular complexity index is 593. The van der Waals surface area contributed by atoms with Crippen molar-refractivity contribution in [2.45, 2.75) is 44.1 Å². The molecule has 1 aliphatic carbocycles. The summed E-state index contributed by atoms with van der Waals surface area (Å²) >= 11 is 0. The summed E-state index contributed by atoms with van der Waals surface area (Å²) in [5, 5.41) is 8.68. The van der Waals surface area contributed by atoms with E-state index in [9.17, 15) is 8.42 Å². The molecule has 1 aromatic rings. The first-order valence-electron chi connectivity index (χ1n) is 6.22. The highest BCUT2D eigenvalue weighted by Crippen LogP contribution is 2.45. The molecule has 1 fully saturated rings. The highest BCUT2D eigenvalue weighted by Gasteiger charge is 2.43. The fraction of sp³-hybridized carbons (Fsp3) is 0.500. The molecular formula is C14H17NO3S. The van der Waals surface area contributed by atoms with Gasteiger partial charge >= 0.3 is 0 Å². The minimum absolute atomic E-state index is 0.0950. The van der Waals surface area contributed by atoms with Crippen molar-refractivity contribution in [3.63, 3.8) is 0 Å². The third-order valence-corrected chi connectivity index (χ3v) is 4.89. The number of nitrogens with zero attached hydrogens (tertiary/aromatic N) is 1. The van der Waals surface area contributed by atoms with Gasteiger partial charge < -0.3 is 0 Å². The van der Waals surface area contributed by atoms with Gasteiger partial charge in [0.1, 0.15) is 0 Å². The van der Waals surface area contributed by atoms with Gasteiger partial charge in [-0.15, -0.1) is 0 Å². The van der Waals surface area contributed by atoms with E-state index < -0.39 is 10.1 Å². The van der Waals surface area contributed by atoms with E-state index in [1.54, 1.807) is 24.3 Å². The zero-order chi connectivity index (χ0) is 14.1. The Morgan fingerprint density at radius 1 is 1.37 bits per heavy atom. The van der Waals surface area contributed by atoms with Crippen molar-refractivity contribution in [2.75, 3.05) is 0 Å². The van der Waals surface area contributed by atoms with Crippen LogP contribution >= 0.6 is 0 Å². The lowest BCUT2D eigenvalue weighted by atomic mass is 9.67. The zero-order valence-electron chi connectivity index (χ0n) is 11.1. The second-order valence-corrected chi connectivity index (χ2v) is 7.11. The van der Waals surface area contributed by atoms with E-state index in [0.717, 1.165) is 5.56 Å². The molecule has 0 atom stereocenters. The first-order valence-corrected chi connectivity index (χ1v) is 7.62. The summed E-state index contributed by atoms with van der Waals surface area (Å²) in [4.78, 5) is 0.187. The number of hydrogen-bond acceptors (Lipinski definition) is 4. The third kappa shape index (κ3) is 3.14. The Balaban J connectivity index is 2.01. The van der Waals surface area contributed by atoms with Crippen LogP contribution in [0.1, 0.15) is 31.7 Å². The second-order valence-electron chi connectivity index (χ2n) is 5.54. The second kappa shape index (κ2) is 4.95. The summed E-state index contributed by atoms with van der Waals surface area (Å²) in [5.41, 5.74) is 0.909. The van der Waals surface area contributed by atoms with E-state index in [4.69, 9.17) is 9.44 Å². The van der Waals surface area contributed by atoms with Crippen LogP contribution in [0.3, 0.4) is 0 Å². The largest absolute Gasteiger partial charge is 0.297 e.